The topological polar surface area (TPSA) is 75.6 Å². The van der Waals surface area contributed by atoms with E-state index in [0.717, 1.165) is 50.7 Å². The number of anilines is 1. The molecular formula is C19H26N4O2. The van der Waals surface area contributed by atoms with Crippen molar-refractivity contribution < 1.29 is 9.21 Å². The molecule has 1 fully saturated rings. The number of pyridine rings is 1. The average Bonchev–Trinajstić information content (AvgIpc) is 3.06. The SMILES string of the molecule is Cc1ccc(C(C)CCN2CCN(c3ncccc3C(N)=O)CC2)o1. The normalized spacial score (nSPS) is 16.8. The minimum Gasteiger partial charge on any atom is -0.466 e. The predicted molar refractivity (Wildman–Crippen MR) is 97.9 cm³/mol. The number of hydrogen-bond acceptors (Lipinski definition) is 5. The highest BCUT2D eigenvalue weighted by molar-refractivity contribution is 5.97. The van der Waals surface area contributed by atoms with Crippen molar-refractivity contribution in [3.8, 4) is 0 Å². The number of nitrogens with two attached hydrogens (primary N) is 1. The van der Waals surface area contributed by atoms with Gasteiger partial charge >= 0.3 is 0 Å². The van der Waals surface area contributed by atoms with Gasteiger partial charge in [-0.15, -0.1) is 0 Å². The predicted octanol–water partition coefficient (Wildman–Crippen LogP) is 2.40. The van der Waals surface area contributed by atoms with E-state index in [9.17, 15) is 4.79 Å². The number of aromatic nitrogens is 1. The van der Waals surface area contributed by atoms with Crippen LogP contribution in [0.2, 0.25) is 0 Å². The Morgan fingerprint density at radius 3 is 2.68 bits per heavy atom. The standard InChI is InChI=1S/C19H26N4O2/c1-14(17-6-5-15(2)25-17)7-9-22-10-12-23(13-11-22)19-16(18(20)24)4-3-8-21-19/h3-6,8,14H,7,9-13H2,1-2H3,(H2,20,24). The second-order valence-corrected chi connectivity index (χ2v) is 6.71. The summed E-state index contributed by atoms with van der Waals surface area (Å²) in [7, 11) is 0. The van der Waals surface area contributed by atoms with Gasteiger partial charge in [-0.05, 0) is 44.2 Å². The van der Waals surface area contributed by atoms with Gasteiger partial charge in [0.15, 0.2) is 0 Å². The van der Waals surface area contributed by atoms with Crippen LogP contribution in [0.3, 0.4) is 0 Å². The molecule has 3 rings (SSSR count). The number of carbonyl (C=O) groups excluding carboxylic acids is 1. The molecule has 0 aliphatic carbocycles. The van der Waals surface area contributed by atoms with E-state index in [2.05, 4.69) is 27.8 Å². The first-order valence-electron chi connectivity index (χ1n) is 8.83. The van der Waals surface area contributed by atoms with Gasteiger partial charge in [0, 0.05) is 38.3 Å². The van der Waals surface area contributed by atoms with E-state index in [-0.39, 0.29) is 0 Å². The molecule has 1 aliphatic heterocycles. The van der Waals surface area contributed by atoms with E-state index in [0.29, 0.717) is 17.3 Å². The summed E-state index contributed by atoms with van der Waals surface area (Å²) in [4.78, 5) is 20.5. The molecule has 2 aromatic rings. The van der Waals surface area contributed by atoms with Crippen LogP contribution in [-0.2, 0) is 0 Å². The lowest BCUT2D eigenvalue weighted by Gasteiger charge is -2.36. The fraction of sp³-hybridized carbons (Fsp3) is 0.474. The van der Waals surface area contributed by atoms with Gasteiger partial charge in [-0.25, -0.2) is 4.98 Å². The summed E-state index contributed by atoms with van der Waals surface area (Å²) >= 11 is 0. The minimum atomic E-state index is -0.423. The van der Waals surface area contributed by atoms with Gasteiger partial charge in [0.1, 0.15) is 17.3 Å². The van der Waals surface area contributed by atoms with E-state index >= 15 is 0 Å². The van der Waals surface area contributed by atoms with Crippen LogP contribution in [0.4, 0.5) is 5.82 Å². The third-order valence-electron chi connectivity index (χ3n) is 4.85. The monoisotopic (exact) mass is 342 g/mol. The van der Waals surface area contributed by atoms with Gasteiger partial charge in [-0.1, -0.05) is 6.92 Å². The Kier molecular flexibility index (Phi) is 5.38. The van der Waals surface area contributed by atoms with Gasteiger partial charge in [-0.2, -0.15) is 0 Å². The molecule has 2 aromatic heterocycles. The first kappa shape index (κ1) is 17.5. The minimum absolute atomic E-state index is 0.420. The van der Waals surface area contributed by atoms with Gasteiger partial charge in [0.25, 0.3) is 5.91 Å². The van der Waals surface area contributed by atoms with Gasteiger partial charge in [-0.3, -0.25) is 9.69 Å². The van der Waals surface area contributed by atoms with E-state index in [1.165, 1.54) is 0 Å². The van der Waals surface area contributed by atoms with Crippen LogP contribution in [0.25, 0.3) is 0 Å². The summed E-state index contributed by atoms with van der Waals surface area (Å²) in [5, 5.41) is 0. The Hall–Kier alpha value is -2.34. The molecule has 0 spiro atoms. The second-order valence-electron chi connectivity index (χ2n) is 6.71. The number of carbonyl (C=O) groups is 1. The first-order valence-corrected chi connectivity index (χ1v) is 8.83. The zero-order valence-corrected chi connectivity index (χ0v) is 14.9. The van der Waals surface area contributed by atoms with Crippen molar-refractivity contribution in [2.75, 3.05) is 37.6 Å². The molecule has 0 bridgehead atoms. The van der Waals surface area contributed by atoms with Crippen LogP contribution in [-0.4, -0.2) is 48.5 Å². The summed E-state index contributed by atoms with van der Waals surface area (Å²) in [6.07, 6.45) is 2.78. The quantitative estimate of drug-likeness (QED) is 0.872. The van der Waals surface area contributed by atoms with E-state index < -0.39 is 5.91 Å². The van der Waals surface area contributed by atoms with E-state index in [1.807, 2.05) is 13.0 Å². The fourth-order valence-corrected chi connectivity index (χ4v) is 3.26. The van der Waals surface area contributed by atoms with Crippen LogP contribution in [0.15, 0.2) is 34.9 Å². The lowest BCUT2D eigenvalue weighted by molar-refractivity contribution is 0.1000. The Balaban J connectivity index is 1.51. The fourth-order valence-electron chi connectivity index (χ4n) is 3.26. The highest BCUT2D eigenvalue weighted by Gasteiger charge is 2.22. The lowest BCUT2D eigenvalue weighted by atomic mass is 10.0. The van der Waals surface area contributed by atoms with Crippen LogP contribution in [0.1, 0.15) is 41.1 Å². The average molecular weight is 342 g/mol. The van der Waals surface area contributed by atoms with Crippen molar-refractivity contribution in [2.45, 2.75) is 26.2 Å². The molecule has 6 nitrogen and oxygen atoms in total. The van der Waals surface area contributed by atoms with E-state index in [1.54, 1.807) is 18.3 Å². The third-order valence-corrected chi connectivity index (χ3v) is 4.85. The van der Waals surface area contributed by atoms with Crippen molar-refractivity contribution in [1.29, 1.82) is 0 Å². The highest BCUT2D eigenvalue weighted by Crippen LogP contribution is 2.23. The molecule has 3 heterocycles. The number of aryl methyl sites for hydroxylation is 1. The number of furan rings is 1. The van der Waals surface area contributed by atoms with Crippen LogP contribution in [0, 0.1) is 6.92 Å². The summed E-state index contributed by atoms with van der Waals surface area (Å²) in [5.41, 5.74) is 5.96. The van der Waals surface area contributed by atoms with Crippen LogP contribution >= 0.6 is 0 Å². The van der Waals surface area contributed by atoms with Crippen LogP contribution in [0.5, 0.6) is 0 Å². The maximum Gasteiger partial charge on any atom is 0.252 e. The molecule has 1 unspecified atom stereocenters. The molecule has 1 aliphatic rings. The summed E-state index contributed by atoms with van der Waals surface area (Å²) in [5.74, 6) is 2.73. The zero-order valence-electron chi connectivity index (χ0n) is 14.9. The molecule has 2 N–H and O–H groups in total. The third kappa shape index (κ3) is 4.20. The summed E-state index contributed by atoms with van der Waals surface area (Å²) in [6.45, 7) is 8.85. The summed E-state index contributed by atoms with van der Waals surface area (Å²) < 4.78 is 5.72. The number of nitrogens with zero attached hydrogens (tertiary/aromatic N) is 3. The van der Waals surface area contributed by atoms with Crippen molar-refractivity contribution in [2.24, 2.45) is 5.73 Å². The van der Waals surface area contributed by atoms with Crippen molar-refractivity contribution in [1.82, 2.24) is 9.88 Å². The molecule has 1 amide bonds. The molecule has 1 saturated heterocycles. The first-order chi connectivity index (χ1) is 12.0. The Labute approximate surface area is 148 Å². The largest absolute Gasteiger partial charge is 0.466 e. The second kappa shape index (κ2) is 7.70. The maximum atomic E-state index is 11.6. The number of primary amides is 1. The number of rotatable bonds is 6. The van der Waals surface area contributed by atoms with Crippen LogP contribution < -0.4 is 10.6 Å². The highest BCUT2D eigenvalue weighted by atomic mass is 16.3. The molecule has 1 atom stereocenters. The van der Waals surface area contributed by atoms with Gasteiger partial charge < -0.3 is 15.1 Å². The van der Waals surface area contributed by atoms with E-state index in [4.69, 9.17) is 10.2 Å². The molecular weight excluding hydrogens is 316 g/mol. The zero-order chi connectivity index (χ0) is 17.8. The maximum absolute atomic E-state index is 11.6. The molecule has 25 heavy (non-hydrogen) atoms. The molecule has 134 valence electrons. The Morgan fingerprint density at radius 1 is 1.28 bits per heavy atom. The molecule has 0 radical (unpaired) electrons. The lowest BCUT2D eigenvalue weighted by Crippen LogP contribution is -2.47. The number of amides is 1. The molecule has 0 aromatic carbocycles. The van der Waals surface area contributed by atoms with Crippen molar-refractivity contribution >= 4 is 11.7 Å². The molecule has 0 saturated carbocycles. The molecule has 6 heteroatoms. The number of hydrogen-bond donors (Lipinski definition) is 1. The smallest absolute Gasteiger partial charge is 0.252 e. The Morgan fingerprint density at radius 2 is 2.04 bits per heavy atom. The van der Waals surface area contributed by atoms with Gasteiger partial charge in [0.05, 0.1) is 5.56 Å². The summed E-state index contributed by atoms with van der Waals surface area (Å²) in [6, 6.07) is 7.58. The van der Waals surface area contributed by atoms with Gasteiger partial charge in [0.2, 0.25) is 0 Å². The Bertz CT molecular complexity index is 720. The number of piperazine rings is 1. The van der Waals surface area contributed by atoms with Crippen molar-refractivity contribution in [3.63, 3.8) is 0 Å². The van der Waals surface area contributed by atoms with Crippen molar-refractivity contribution in [3.05, 3.63) is 47.5 Å².